The summed E-state index contributed by atoms with van der Waals surface area (Å²) in [6, 6.07) is 0. The van der Waals surface area contributed by atoms with Gasteiger partial charge in [0.15, 0.2) is 0 Å². The van der Waals surface area contributed by atoms with Crippen molar-refractivity contribution in [3.8, 4) is 0 Å². The predicted molar refractivity (Wildman–Crippen MR) is 46.5 cm³/mol. The van der Waals surface area contributed by atoms with Crippen molar-refractivity contribution >= 4 is 17.8 Å². The van der Waals surface area contributed by atoms with Crippen molar-refractivity contribution in [2.45, 2.75) is 20.3 Å². The Kier molecular flexibility index (Phi) is 3.01. The first kappa shape index (κ1) is 10.4. The highest BCUT2D eigenvalue weighted by molar-refractivity contribution is 6.12. The number of hydrogen-bond donors (Lipinski definition) is 0. The maximum atomic E-state index is 11.1. The molecule has 76 valence electrons. The molecule has 14 heavy (non-hydrogen) atoms. The molecule has 0 unspecified atom stereocenters. The second kappa shape index (κ2) is 4.04. The van der Waals surface area contributed by atoms with E-state index in [9.17, 15) is 14.4 Å². The highest BCUT2D eigenvalue weighted by atomic mass is 16.7. The average Bonchev–Trinajstić information content (AvgIpc) is 2.34. The minimum atomic E-state index is -0.618. The van der Waals surface area contributed by atoms with E-state index in [0.717, 1.165) is 12.2 Å². The molecule has 0 aromatic carbocycles. The van der Waals surface area contributed by atoms with Crippen molar-refractivity contribution in [1.82, 2.24) is 5.06 Å². The monoisotopic (exact) mass is 197 g/mol. The second-order valence-electron chi connectivity index (χ2n) is 3.37. The van der Waals surface area contributed by atoms with Crippen molar-refractivity contribution in [1.29, 1.82) is 0 Å². The fourth-order valence-corrected chi connectivity index (χ4v) is 0.949. The van der Waals surface area contributed by atoms with Gasteiger partial charge in [0.2, 0.25) is 0 Å². The van der Waals surface area contributed by atoms with Gasteiger partial charge in [0.25, 0.3) is 11.8 Å². The van der Waals surface area contributed by atoms with E-state index in [1.807, 2.05) is 13.8 Å². The van der Waals surface area contributed by atoms with Crippen LogP contribution in [0.5, 0.6) is 0 Å². The molecule has 5 heteroatoms. The number of carbonyl (C=O) groups is 3. The largest absolute Gasteiger partial charge is 0.333 e. The quantitative estimate of drug-likeness (QED) is 0.615. The van der Waals surface area contributed by atoms with E-state index in [1.165, 1.54) is 0 Å². The van der Waals surface area contributed by atoms with E-state index in [2.05, 4.69) is 4.84 Å². The zero-order valence-electron chi connectivity index (χ0n) is 8.02. The third-order valence-electron chi connectivity index (χ3n) is 1.54. The summed E-state index contributed by atoms with van der Waals surface area (Å²) in [5, 5.41) is 0.463. The molecule has 0 spiro atoms. The van der Waals surface area contributed by atoms with Gasteiger partial charge in [-0.25, -0.2) is 4.79 Å². The molecule has 0 radical (unpaired) electrons. The number of hydrogen-bond acceptors (Lipinski definition) is 4. The maximum absolute atomic E-state index is 11.1. The van der Waals surface area contributed by atoms with Crippen molar-refractivity contribution in [2.75, 3.05) is 0 Å². The smallest absolute Gasteiger partial charge is 0.330 e. The van der Waals surface area contributed by atoms with E-state index in [-0.39, 0.29) is 12.3 Å². The molecule has 1 aliphatic rings. The minimum absolute atomic E-state index is 0.128. The lowest BCUT2D eigenvalue weighted by atomic mass is 10.1. The van der Waals surface area contributed by atoms with Crippen molar-refractivity contribution in [3.63, 3.8) is 0 Å². The lowest BCUT2D eigenvalue weighted by Crippen LogP contribution is -2.33. The molecule has 0 saturated carbocycles. The van der Waals surface area contributed by atoms with Crippen LogP contribution in [-0.2, 0) is 19.2 Å². The highest BCUT2D eigenvalue weighted by Gasteiger charge is 2.27. The second-order valence-corrected chi connectivity index (χ2v) is 3.37. The number of amides is 2. The van der Waals surface area contributed by atoms with Crippen LogP contribution < -0.4 is 0 Å². The van der Waals surface area contributed by atoms with Crippen molar-refractivity contribution in [3.05, 3.63) is 12.2 Å². The standard InChI is InChI=1S/C9H11NO4/c1-6(2)5-9(13)14-10-7(11)3-4-8(10)12/h3-4,6H,5H2,1-2H3. The van der Waals surface area contributed by atoms with Gasteiger partial charge in [-0.2, -0.15) is 0 Å². The molecule has 0 fully saturated rings. The Morgan fingerprint density at radius 3 is 2.29 bits per heavy atom. The summed E-state index contributed by atoms with van der Waals surface area (Å²) in [5.41, 5.74) is 0. The first-order valence-electron chi connectivity index (χ1n) is 4.27. The molecule has 0 saturated heterocycles. The van der Waals surface area contributed by atoms with Gasteiger partial charge in [0.1, 0.15) is 0 Å². The number of carbonyl (C=O) groups excluding carboxylic acids is 3. The minimum Gasteiger partial charge on any atom is -0.330 e. The topological polar surface area (TPSA) is 63.7 Å². The SMILES string of the molecule is CC(C)CC(=O)ON1C(=O)C=CC1=O. The van der Waals surface area contributed by atoms with Gasteiger partial charge in [-0.15, -0.1) is 0 Å². The lowest BCUT2D eigenvalue weighted by Gasteiger charge is -2.13. The molecule has 5 nitrogen and oxygen atoms in total. The van der Waals surface area contributed by atoms with Crippen LogP contribution in [0.1, 0.15) is 20.3 Å². The van der Waals surface area contributed by atoms with E-state index < -0.39 is 17.8 Å². The Labute approximate surface area is 81.3 Å². The van der Waals surface area contributed by atoms with Crippen LogP contribution in [-0.4, -0.2) is 22.8 Å². The molecule has 0 bridgehead atoms. The van der Waals surface area contributed by atoms with Crippen LogP contribution in [0, 0.1) is 5.92 Å². The van der Waals surface area contributed by atoms with E-state index in [1.54, 1.807) is 0 Å². The molecule has 1 heterocycles. The van der Waals surface area contributed by atoms with Crippen LogP contribution in [0.2, 0.25) is 0 Å². The third-order valence-corrected chi connectivity index (χ3v) is 1.54. The summed E-state index contributed by atoms with van der Waals surface area (Å²) < 4.78 is 0. The maximum Gasteiger partial charge on any atom is 0.333 e. The molecule has 2 amide bonds. The molecule has 0 atom stereocenters. The zero-order chi connectivity index (χ0) is 10.7. The summed E-state index contributed by atoms with van der Waals surface area (Å²) in [6.45, 7) is 3.68. The summed E-state index contributed by atoms with van der Waals surface area (Å²) in [5.74, 6) is -1.69. The van der Waals surface area contributed by atoms with Gasteiger partial charge in [-0.05, 0) is 5.92 Å². The Hall–Kier alpha value is -1.65. The average molecular weight is 197 g/mol. The number of nitrogens with zero attached hydrogens (tertiary/aromatic N) is 1. The van der Waals surface area contributed by atoms with Crippen LogP contribution in [0.25, 0.3) is 0 Å². The Morgan fingerprint density at radius 1 is 1.36 bits per heavy atom. The summed E-state index contributed by atoms with van der Waals surface area (Å²) in [6.07, 6.45) is 2.30. The number of hydroxylamine groups is 2. The fraction of sp³-hybridized carbons (Fsp3) is 0.444. The lowest BCUT2D eigenvalue weighted by molar-refractivity contribution is -0.196. The normalized spacial score (nSPS) is 15.5. The fourth-order valence-electron chi connectivity index (χ4n) is 0.949. The number of imide groups is 1. The Balaban J connectivity index is 2.49. The molecule has 0 N–H and O–H groups in total. The molecule has 1 aliphatic heterocycles. The van der Waals surface area contributed by atoms with Crippen molar-refractivity contribution < 1.29 is 19.2 Å². The van der Waals surface area contributed by atoms with Crippen LogP contribution >= 0.6 is 0 Å². The van der Waals surface area contributed by atoms with Gasteiger partial charge in [-0.1, -0.05) is 18.9 Å². The zero-order valence-corrected chi connectivity index (χ0v) is 8.02. The van der Waals surface area contributed by atoms with Crippen LogP contribution in [0.15, 0.2) is 12.2 Å². The number of rotatable bonds is 3. The van der Waals surface area contributed by atoms with Gasteiger partial charge >= 0.3 is 5.97 Å². The Bertz CT molecular complexity index is 288. The summed E-state index contributed by atoms with van der Waals surface area (Å²) in [4.78, 5) is 37.6. The molecular weight excluding hydrogens is 186 g/mol. The van der Waals surface area contributed by atoms with Gasteiger partial charge < -0.3 is 4.84 Å². The van der Waals surface area contributed by atoms with Gasteiger partial charge in [0, 0.05) is 12.2 Å². The van der Waals surface area contributed by atoms with E-state index >= 15 is 0 Å². The summed E-state index contributed by atoms with van der Waals surface area (Å²) in [7, 11) is 0. The van der Waals surface area contributed by atoms with Gasteiger partial charge in [0.05, 0.1) is 6.42 Å². The predicted octanol–water partition coefficient (Wildman–Crippen LogP) is 0.416. The van der Waals surface area contributed by atoms with Crippen LogP contribution in [0.4, 0.5) is 0 Å². The van der Waals surface area contributed by atoms with E-state index in [0.29, 0.717) is 5.06 Å². The third kappa shape index (κ3) is 2.42. The molecule has 0 aromatic heterocycles. The van der Waals surface area contributed by atoms with Gasteiger partial charge in [-0.3, -0.25) is 9.59 Å². The van der Waals surface area contributed by atoms with Crippen molar-refractivity contribution in [2.24, 2.45) is 5.92 Å². The molecule has 1 rings (SSSR count). The first-order valence-corrected chi connectivity index (χ1v) is 4.27. The molecule has 0 aliphatic carbocycles. The highest BCUT2D eigenvalue weighted by Crippen LogP contribution is 2.08. The Morgan fingerprint density at radius 2 is 1.86 bits per heavy atom. The first-order chi connectivity index (χ1) is 6.50. The molecular formula is C9H11NO4. The summed E-state index contributed by atoms with van der Waals surface area (Å²) >= 11 is 0. The van der Waals surface area contributed by atoms with E-state index in [4.69, 9.17) is 0 Å². The molecule has 0 aromatic rings. The van der Waals surface area contributed by atoms with Crippen LogP contribution in [0.3, 0.4) is 0 Å².